The lowest BCUT2D eigenvalue weighted by Crippen LogP contribution is -2.19. The van der Waals surface area contributed by atoms with Crippen LogP contribution in [0.25, 0.3) is 0 Å². The van der Waals surface area contributed by atoms with Crippen LogP contribution in [0.4, 0.5) is 5.69 Å². The molecule has 1 aliphatic heterocycles. The van der Waals surface area contributed by atoms with E-state index in [0.29, 0.717) is 12.3 Å². The summed E-state index contributed by atoms with van der Waals surface area (Å²) in [6.07, 6.45) is -0.134. The van der Waals surface area contributed by atoms with Crippen molar-refractivity contribution in [3.8, 4) is 5.75 Å². The van der Waals surface area contributed by atoms with E-state index < -0.39 is 7.75 Å². The van der Waals surface area contributed by atoms with Gasteiger partial charge in [0.25, 0.3) is 0 Å². The van der Waals surface area contributed by atoms with Gasteiger partial charge in [0.15, 0.2) is 0 Å². The zero-order valence-corrected chi connectivity index (χ0v) is 12.1. The van der Waals surface area contributed by atoms with Gasteiger partial charge in [0.1, 0.15) is 5.75 Å². The van der Waals surface area contributed by atoms with Crippen LogP contribution in [0.1, 0.15) is 6.92 Å². The highest BCUT2D eigenvalue weighted by molar-refractivity contribution is 7.56. The van der Waals surface area contributed by atoms with Crippen molar-refractivity contribution in [2.45, 2.75) is 13.0 Å². The van der Waals surface area contributed by atoms with Gasteiger partial charge in [-0.2, -0.15) is 0 Å². The third-order valence-electron chi connectivity index (χ3n) is 3.06. The zero-order valence-electron chi connectivity index (χ0n) is 11.2. The van der Waals surface area contributed by atoms with E-state index in [2.05, 4.69) is 0 Å². The van der Waals surface area contributed by atoms with E-state index in [1.165, 1.54) is 0 Å². The maximum Gasteiger partial charge on any atom is 0.489 e. The second kappa shape index (κ2) is 5.31. The first kappa shape index (κ1) is 13.2. The fourth-order valence-corrected chi connectivity index (χ4v) is 4.20. The highest BCUT2D eigenvalue weighted by atomic mass is 31.2. The van der Waals surface area contributed by atoms with E-state index in [1.807, 2.05) is 55.5 Å². The Morgan fingerprint density at radius 1 is 1.10 bits per heavy atom. The topological polar surface area (TPSA) is 38.8 Å². The molecular weight excluding hydrogens is 273 g/mol. The summed E-state index contributed by atoms with van der Waals surface area (Å²) in [5.74, 6) is 0.547. The highest BCUT2D eigenvalue weighted by Crippen LogP contribution is 2.58. The average molecular weight is 289 g/mol. The number of hydrogen-bond acceptors (Lipinski definition) is 3. The Hall–Kier alpha value is -1.77. The molecule has 2 unspecified atom stereocenters. The average Bonchev–Trinajstić information content (AvgIpc) is 2.75. The predicted octanol–water partition coefficient (Wildman–Crippen LogP) is 4.10. The molecule has 0 spiro atoms. The Balaban J connectivity index is 1.91. The van der Waals surface area contributed by atoms with Gasteiger partial charge in [0, 0.05) is 5.69 Å². The number of hydrogen-bond donors (Lipinski definition) is 0. The zero-order chi connectivity index (χ0) is 14.0. The van der Waals surface area contributed by atoms with Crippen LogP contribution in [-0.4, -0.2) is 12.6 Å². The van der Waals surface area contributed by atoms with Gasteiger partial charge in [0.05, 0.1) is 12.6 Å². The summed E-state index contributed by atoms with van der Waals surface area (Å²) in [7, 11) is -3.35. The van der Waals surface area contributed by atoms with E-state index in [9.17, 15) is 4.57 Å². The van der Waals surface area contributed by atoms with Gasteiger partial charge in [-0.15, -0.1) is 0 Å². The Morgan fingerprint density at radius 2 is 1.70 bits per heavy atom. The molecule has 20 heavy (non-hydrogen) atoms. The molecule has 4 nitrogen and oxygen atoms in total. The molecule has 5 heteroatoms. The lowest BCUT2D eigenvalue weighted by molar-refractivity contribution is 0.234. The molecule has 2 atom stereocenters. The number of nitrogens with zero attached hydrogens (tertiary/aromatic N) is 1. The van der Waals surface area contributed by atoms with Crippen LogP contribution < -0.4 is 9.19 Å². The molecule has 0 saturated carbocycles. The lowest BCUT2D eigenvalue weighted by Gasteiger charge is -2.23. The smallest absolute Gasteiger partial charge is 0.409 e. The van der Waals surface area contributed by atoms with Crippen molar-refractivity contribution in [1.29, 1.82) is 0 Å². The van der Waals surface area contributed by atoms with Crippen molar-refractivity contribution in [2.24, 2.45) is 0 Å². The molecule has 0 amide bonds. The van der Waals surface area contributed by atoms with Crippen molar-refractivity contribution in [3.05, 3.63) is 60.7 Å². The molecule has 2 aromatic rings. The Labute approximate surface area is 118 Å². The van der Waals surface area contributed by atoms with Crippen LogP contribution in [0, 0.1) is 0 Å². The Bertz CT molecular complexity index is 618. The summed E-state index contributed by atoms with van der Waals surface area (Å²) in [4.78, 5) is 0. The summed E-state index contributed by atoms with van der Waals surface area (Å²) in [6, 6.07) is 18.7. The molecule has 1 saturated heterocycles. The molecular formula is C15H16NO3P. The second-order valence-electron chi connectivity index (χ2n) is 4.71. The van der Waals surface area contributed by atoms with Gasteiger partial charge in [-0.05, 0) is 31.2 Å². The minimum Gasteiger partial charge on any atom is -0.409 e. The molecule has 2 aromatic carbocycles. The molecule has 104 valence electrons. The van der Waals surface area contributed by atoms with Crippen LogP contribution in [-0.2, 0) is 9.09 Å². The van der Waals surface area contributed by atoms with Crippen LogP contribution in [0.2, 0.25) is 0 Å². The van der Waals surface area contributed by atoms with Gasteiger partial charge >= 0.3 is 7.75 Å². The standard InChI is InChI=1S/C15H16NO3P/c1-13-12-16(14-8-4-2-5-9-14)20(17,18-13)19-15-10-6-3-7-11-15/h2-11,13H,12H2,1H3. The molecule has 1 aliphatic rings. The monoisotopic (exact) mass is 289 g/mol. The summed E-state index contributed by atoms with van der Waals surface area (Å²) in [5.41, 5.74) is 0.844. The van der Waals surface area contributed by atoms with E-state index in [-0.39, 0.29) is 6.10 Å². The van der Waals surface area contributed by atoms with Crippen molar-refractivity contribution in [3.63, 3.8) is 0 Å². The van der Waals surface area contributed by atoms with Crippen LogP contribution in [0.3, 0.4) is 0 Å². The first-order chi connectivity index (χ1) is 9.67. The van der Waals surface area contributed by atoms with Gasteiger partial charge in [-0.25, -0.2) is 4.57 Å². The van der Waals surface area contributed by atoms with Gasteiger partial charge in [0.2, 0.25) is 0 Å². The summed E-state index contributed by atoms with van der Waals surface area (Å²) in [6.45, 7) is 2.44. The molecule has 0 aromatic heterocycles. The maximum absolute atomic E-state index is 13.0. The van der Waals surface area contributed by atoms with E-state index in [4.69, 9.17) is 9.05 Å². The molecule has 0 N–H and O–H groups in total. The van der Waals surface area contributed by atoms with Crippen molar-refractivity contribution >= 4 is 13.4 Å². The second-order valence-corrected chi connectivity index (χ2v) is 6.52. The van der Waals surface area contributed by atoms with Gasteiger partial charge in [-0.1, -0.05) is 36.4 Å². The third-order valence-corrected chi connectivity index (χ3v) is 5.11. The maximum atomic E-state index is 13.0. The van der Waals surface area contributed by atoms with Gasteiger partial charge in [-0.3, -0.25) is 9.19 Å². The molecule has 0 bridgehead atoms. The first-order valence-corrected chi connectivity index (χ1v) is 8.03. The molecule has 0 aliphatic carbocycles. The summed E-state index contributed by atoms with van der Waals surface area (Å²) < 4.78 is 26.0. The molecule has 1 heterocycles. The molecule has 1 fully saturated rings. The fourth-order valence-electron chi connectivity index (χ4n) is 2.19. The van der Waals surface area contributed by atoms with Crippen LogP contribution in [0.15, 0.2) is 60.7 Å². The van der Waals surface area contributed by atoms with Crippen LogP contribution in [0.5, 0.6) is 5.75 Å². The molecule has 3 rings (SSSR count). The SMILES string of the molecule is CC1CN(c2ccccc2)P(=O)(Oc2ccccc2)O1. The summed E-state index contributed by atoms with van der Waals surface area (Å²) >= 11 is 0. The normalized spacial score (nSPS) is 25.6. The van der Waals surface area contributed by atoms with E-state index >= 15 is 0 Å². The predicted molar refractivity (Wildman–Crippen MR) is 79.0 cm³/mol. The first-order valence-electron chi connectivity index (χ1n) is 6.53. The van der Waals surface area contributed by atoms with Gasteiger partial charge < -0.3 is 4.52 Å². The summed E-state index contributed by atoms with van der Waals surface area (Å²) in [5, 5.41) is 0. The number of para-hydroxylation sites is 2. The highest BCUT2D eigenvalue weighted by Gasteiger charge is 2.44. The van der Waals surface area contributed by atoms with Crippen LogP contribution >= 0.6 is 7.75 Å². The molecule has 0 radical (unpaired) electrons. The third kappa shape index (κ3) is 2.58. The Kier molecular flexibility index (Phi) is 3.51. The lowest BCUT2D eigenvalue weighted by atomic mass is 10.3. The Morgan fingerprint density at radius 3 is 2.35 bits per heavy atom. The van der Waals surface area contributed by atoms with E-state index in [1.54, 1.807) is 16.8 Å². The number of anilines is 1. The largest absolute Gasteiger partial charge is 0.489 e. The number of rotatable bonds is 3. The fraction of sp³-hybridized carbons (Fsp3) is 0.200. The quantitative estimate of drug-likeness (QED) is 0.797. The van der Waals surface area contributed by atoms with E-state index in [0.717, 1.165) is 5.69 Å². The van der Waals surface area contributed by atoms with Crippen molar-refractivity contribution in [1.82, 2.24) is 0 Å². The minimum atomic E-state index is -3.35. The minimum absolute atomic E-state index is 0.134. The van der Waals surface area contributed by atoms with Crippen molar-refractivity contribution < 1.29 is 13.6 Å². The van der Waals surface area contributed by atoms with Crippen molar-refractivity contribution in [2.75, 3.05) is 11.2 Å². The number of benzene rings is 2.